The van der Waals surface area contributed by atoms with Gasteiger partial charge in [-0.25, -0.2) is 0 Å². The predicted molar refractivity (Wildman–Crippen MR) is 70.1 cm³/mol. The number of aryl methyl sites for hydroxylation is 2. The van der Waals surface area contributed by atoms with Crippen molar-refractivity contribution in [2.75, 3.05) is 32.8 Å². The topological polar surface area (TPSA) is 38.5 Å². The lowest BCUT2D eigenvalue weighted by Gasteiger charge is -2.29. The predicted octanol–water partition coefficient (Wildman–Crippen LogP) is 1.64. The van der Waals surface area contributed by atoms with Gasteiger partial charge in [-0.2, -0.15) is 0 Å². The van der Waals surface area contributed by atoms with Crippen molar-refractivity contribution in [3.05, 3.63) is 34.9 Å². The largest absolute Gasteiger partial charge is 0.379 e. The van der Waals surface area contributed by atoms with Crippen molar-refractivity contribution in [1.29, 1.82) is 0 Å². The molecule has 0 bridgehead atoms. The summed E-state index contributed by atoms with van der Waals surface area (Å²) in [6.07, 6.45) is 0. The second-order valence-corrected chi connectivity index (χ2v) is 4.86. The van der Waals surface area contributed by atoms with Crippen molar-refractivity contribution < 1.29 is 4.74 Å². The molecule has 1 fully saturated rings. The lowest BCUT2D eigenvalue weighted by atomic mass is 10.0. The van der Waals surface area contributed by atoms with E-state index in [1.165, 1.54) is 16.7 Å². The van der Waals surface area contributed by atoms with Crippen LogP contribution in [0.25, 0.3) is 0 Å². The Morgan fingerprint density at radius 3 is 2.59 bits per heavy atom. The fourth-order valence-electron chi connectivity index (χ4n) is 2.16. The molecule has 0 amide bonds. The van der Waals surface area contributed by atoms with Gasteiger partial charge in [0.15, 0.2) is 0 Å². The van der Waals surface area contributed by atoms with Crippen LogP contribution in [0, 0.1) is 13.8 Å². The number of benzene rings is 1. The number of rotatable bonds is 3. The zero-order valence-electron chi connectivity index (χ0n) is 10.8. The molecule has 0 aromatic heterocycles. The Balaban J connectivity index is 1.98. The average Bonchev–Trinajstić information content (AvgIpc) is 2.34. The molecule has 3 nitrogen and oxygen atoms in total. The van der Waals surface area contributed by atoms with Gasteiger partial charge in [-0.15, -0.1) is 0 Å². The Labute approximate surface area is 104 Å². The van der Waals surface area contributed by atoms with E-state index in [-0.39, 0.29) is 6.04 Å². The zero-order chi connectivity index (χ0) is 12.3. The van der Waals surface area contributed by atoms with Gasteiger partial charge in [-0.3, -0.25) is 4.90 Å². The Morgan fingerprint density at radius 2 is 1.94 bits per heavy atom. The highest BCUT2D eigenvalue weighted by Gasteiger charge is 2.15. The number of hydrogen-bond donors (Lipinski definition) is 1. The van der Waals surface area contributed by atoms with Crippen molar-refractivity contribution >= 4 is 0 Å². The Kier molecular flexibility index (Phi) is 4.15. The molecule has 1 heterocycles. The number of morpholine rings is 1. The van der Waals surface area contributed by atoms with Crippen LogP contribution in [-0.2, 0) is 4.74 Å². The van der Waals surface area contributed by atoms with E-state index in [2.05, 4.69) is 36.9 Å². The Morgan fingerprint density at radius 1 is 1.24 bits per heavy atom. The molecule has 1 aliphatic heterocycles. The van der Waals surface area contributed by atoms with E-state index in [1.54, 1.807) is 0 Å². The quantitative estimate of drug-likeness (QED) is 0.864. The minimum absolute atomic E-state index is 0.104. The summed E-state index contributed by atoms with van der Waals surface area (Å²) in [7, 11) is 0. The minimum atomic E-state index is 0.104. The average molecular weight is 234 g/mol. The standard InChI is InChI=1S/C14H22N2O/c1-11-3-4-13(9-12(11)2)14(15)10-16-5-7-17-8-6-16/h3-4,9,14H,5-8,10,15H2,1-2H3. The lowest BCUT2D eigenvalue weighted by Crippen LogP contribution is -2.40. The molecule has 1 aliphatic rings. The third-order valence-corrected chi connectivity index (χ3v) is 3.52. The summed E-state index contributed by atoms with van der Waals surface area (Å²) >= 11 is 0. The molecular weight excluding hydrogens is 212 g/mol. The summed E-state index contributed by atoms with van der Waals surface area (Å²) in [5.74, 6) is 0. The maximum Gasteiger partial charge on any atom is 0.0594 e. The third-order valence-electron chi connectivity index (χ3n) is 3.52. The highest BCUT2D eigenvalue weighted by Crippen LogP contribution is 2.16. The van der Waals surface area contributed by atoms with Crippen LogP contribution >= 0.6 is 0 Å². The first-order chi connectivity index (χ1) is 8.16. The molecule has 0 spiro atoms. The normalized spacial score (nSPS) is 19.2. The fourth-order valence-corrected chi connectivity index (χ4v) is 2.16. The first-order valence-corrected chi connectivity index (χ1v) is 6.29. The van der Waals surface area contributed by atoms with Crippen molar-refractivity contribution in [2.24, 2.45) is 5.73 Å². The van der Waals surface area contributed by atoms with Crippen LogP contribution in [0.3, 0.4) is 0 Å². The smallest absolute Gasteiger partial charge is 0.0594 e. The fraction of sp³-hybridized carbons (Fsp3) is 0.571. The summed E-state index contributed by atoms with van der Waals surface area (Å²) in [6.45, 7) is 8.86. The maximum atomic E-state index is 6.26. The lowest BCUT2D eigenvalue weighted by molar-refractivity contribution is 0.0352. The second kappa shape index (κ2) is 5.63. The van der Waals surface area contributed by atoms with Crippen molar-refractivity contribution in [2.45, 2.75) is 19.9 Å². The van der Waals surface area contributed by atoms with Crippen LogP contribution < -0.4 is 5.73 Å². The summed E-state index contributed by atoms with van der Waals surface area (Å²) in [4.78, 5) is 2.38. The van der Waals surface area contributed by atoms with Gasteiger partial charge in [0.1, 0.15) is 0 Å². The molecule has 1 aromatic rings. The first-order valence-electron chi connectivity index (χ1n) is 6.29. The second-order valence-electron chi connectivity index (χ2n) is 4.86. The number of hydrogen-bond acceptors (Lipinski definition) is 3. The van der Waals surface area contributed by atoms with E-state index >= 15 is 0 Å². The molecule has 0 aliphatic carbocycles. The molecular formula is C14H22N2O. The van der Waals surface area contributed by atoms with Crippen molar-refractivity contribution in [3.63, 3.8) is 0 Å². The maximum absolute atomic E-state index is 6.26. The summed E-state index contributed by atoms with van der Waals surface area (Å²) in [5, 5.41) is 0. The molecule has 17 heavy (non-hydrogen) atoms. The first kappa shape index (κ1) is 12.6. The molecule has 0 saturated carbocycles. The summed E-state index contributed by atoms with van der Waals surface area (Å²) in [5.41, 5.74) is 10.1. The van der Waals surface area contributed by atoms with Crippen LogP contribution in [0.15, 0.2) is 18.2 Å². The van der Waals surface area contributed by atoms with Gasteiger partial charge in [0.25, 0.3) is 0 Å². The van der Waals surface area contributed by atoms with Crippen LogP contribution in [0.2, 0.25) is 0 Å². The molecule has 1 unspecified atom stereocenters. The molecule has 2 rings (SSSR count). The van der Waals surface area contributed by atoms with Crippen molar-refractivity contribution in [3.8, 4) is 0 Å². The third kappa shape index (κ3) is 3.28. The SMILES string of the molecule is Cc1ccc(C(N)CN2CCOCC2)cc1C. The van der Waals surface area contributed by atoms with Gasteiger partial charge < -0.3 is 10.5 Å². The molecule has 3 heteroatoms. The van der Waals surface area contributed by atoms with Crippen LogP contribution in [-0.4, -0.2) is 37.7 Å². The Hall–Kier alpha value is -0.900. The van der Waals surface area contributed by atoms with Crippen molar-refractivity contribution in [1.82, 2.24) is 4.90 Å². The van der Waals surface area contributed by atoms with E-state index in [9.17, 15) is 0 Å². The molecule has 94 valence electrons. The molecule has 1 atom stereocenters. The van der Waals surface area contributed by atoms with E-state index in [0.717, 1.165) is 32.8 Å². The zero-order valence-corrected chi connectivity index (χ0v) is 10.8. The van der Waals surface area contributed by atoms with E-state index in [0.29, 0.717) is 0 Å². The van der Waals surface area contributed by atoms with Gasteiger partial charge in [0, 0.05) is 25.7 Å². The summed E-state index contributed by atoms with van der Waals surface area (Å²) < 4.78 is 5.34. The Bertz CT molecular complexity index is 372. The van der Waals surface area contributed by atoms with Gasteiger partial charge in [-0.1, -0.05) is 18.2 Å². The molecule has 1 saturated heterocycles. The highest BCUT2D eigenvalue weighted by molar-refractivity contribution is 5.31. The van der Waals surface area contributed by atoms with E-state index in [4.69, 9.17) is 10.5 Å². The molecule has 2 N–H and O–H groups in total. The summed E-state index contributed by atoms with van der Waals surface area (Å²) in [6, 6.07) is 6.62. The molecule has 1 aromatic carbocycles. The molecule has 0 radical (unpaired) electrons. The monoisotopic (exact) mass is 234 g/mol. The van der Waals surface area contributed by atoms with Gasteiger partial charge in [0.2, 0.25) is 0 Å². The van der Waals surface area contributed by atoms with Crippen LogP contribution in [0.1, 0.15) is 22.7 Å². The van der Waals surface area contributed by atoms with E-state index in [1.807, 2.05) is 0 Å². The highest BCUT2D eigenvalue weighted by atomic mass is 16.5. The minimum Gasteiger partial charge on any atom is -0.379 e. The van der Waals surface area contributed by atoms with Gasteiger partial charge in [0.05, 0.1) is 13.2 Å². The number of ether oxygens (including phenoxy) is 1. The number of nitrogens with two attached hydrogens (primary N) is 1. The van der Waals surface area contributed by atoms with E-state index < -0.39 is 0 Å². The van der Waals surface area contributed by atoms with Crippen LogP contribution in [0.5, 0.6) is 0 Å². The number of nitrogens with zero attached hydrogens (tertiary/aromatic N) is 1. The van der Waals surface area contributed by atoms with Crippen LogP contribution in [0.4, 0.5) is 0 Å². The van der Waals surface area contributed by atoms with Gasteiger partial charge in [-0.05, 0) is 30.5 Å². The van der Waals surface area contributed by atoms with Gasteiger partial charge >= 0.3 is 0 Å².